The molecule has 2 N–H and O–H groups in total. The molecular weight excluding hydrogens is 905 g/mol. The predicted octanol–water partition coefficient (Wildman–Crippen LogP) is 5.90. The Labute approximate surface area is 416 Å². The Balaban J connectivity index is 1.15. The van der Waals surface area contributed by atoms with Crippen molar-refractivity contribution in [1.29, 1.82) is 0 Å². The lowest BCUT2D eigenvalue weighted by atomic mass is 9.72. The fourth-order valence-corrected chi connectivity index (χ4v) is 7.31. The number of ether oxygens (including phenoxy) is 14. The van der Waals surface area contributed by atoms with Gasteiger partial charge in [-0.1, -0.05) is 53.7 Å². The molecule has 17 nitrogen and oxygen atoms in total. The second-order valence-electron chi connectivity index (χ2n) is 16.5. The molecule has 1 heterocycles. The van der Waals surface area contributed by atoms with E-state index in [0.717, 1.165) is 40.3 Å². The van der Waals surface area contributed by atoms with Crippen LogP contribution in [0.15, 0.2) is 76.9 Å². The third-order valence-corrected chi connectivity index (χ3v) is 11.2. The second kappa shape index (κ2) is 38.1. The maximum Gasteiger partial charge on any atom is 0.137 e. The Morgan fingerprint density at radius 1 is 0.557 bits per heavy atom. The van der Waals surface area contributed by atoms with Crippen LogP contribution in [0.2, 0.25) is 0 Å². The smallest absolute Gasteiger partial charge is 0.137 e. The van der Waals surface area contributed by atoms with Crippen LogP contribution < -0.4 is 10.5 Å². The minimum Gasteiger partial charge on any atom is -0.493 e. The molecule has 0 fully saturated rings. The molecular formula is C53H82N2O15. The Morgan fingerprint density at radius 2 is 1.01 bits per heavy atom. The van der Waals surface area contributed by atoms with Gasteiger partial charge in [-0.25, -0.2) is 0 Å². The summed E-state index contributed by atoms with van der Waals surface area (Å²) < 4.78 is 84.0. The number of aromatic nitrogens is 1. The van der Waals surface area contributed by atoms with E-state index in [9.17, 15) is 0 Å². The van der Waals surface area contributed by atoms with Gasteiger partial charge in [0.2, 0.25) is 0 Å². The largest absolute Gasteiger partial charge is 0.493 e. The highest BCUT2D eigenvalue weighted by Gasteiger charge is 2.40. The Hall–Kier alpha value is -3.63. The number of allylic oxidation sites excluding steroid dienone is 1. The molecule has 0 radical (unpaired) electrons. The van der Waals surface area contributed by atoms with Gasteiger partial charge < -0.3 is 76.6 Å². The summed E-state index contributed by atoms with van der Waals surface area (Å²) in [5.41, 5.74) is 12.7. The number of nitrogens with zero attached hydrogens (tertiary/aromatic N) is 1. The minimum absolute atomic E-state index is 0.295. The van der Waals surface area contributed by atoms with Crippen LogP contribution >= 0.6 is 0 Å². The Bertz CT molecular complexity index is 1790. The molecule has 0 saturated carbocycles. The number of aryl methyl sites for hydroxylation is 3. The molecule has 394 valence electrons. The molecule has 0 saturated heterocycles. The van der Waals surface area contributed by atoms with Crippen LogP contribution in [-0.2, 0) is 73.4 Å². The molecule has 2 atom stereocenters. The Morgan fingerprint density at radius 3 is 1.47 bits per heavy atom. The van der Waals surface area contributed by atoms with E-state index in [0.29, 0.717) is 178 Å². The van der Waals surface area contributed by atoms with Gasteiger partial charge in [-0.05, 0) is 66.6 Å². The number of nitrogens with two attached hydrogens (primary N) is 1. The zero-order chi connectivity index (χ0) is 49.6. The lowest BCUT2D eigenvalue weighted by molar-refractivity contribution is -0.0183. The molecule has 3 aromatic rings. The zero-order valence-electron chi connectivity index (χ0n) is 42.4. The molecule has 17 heteroatoms. The van der Waals surface area contributed by atoms with Crippen LogP contribution in [0.1, 0.15) is 35.4 Å². The molecule has 70 heavy (non-hydrogen) atoms. The van der Waals surface area contributed by atoms with Crippen molar-refractivity contribution in [3.05, 3.63) is 94.9 Å². The number of hydrogen-bond acceptors (Lipinski definition) is 17. The van der Waals surface area contributed by atoms with Gasteiger partial charge in [-0.2, -0.15) is 0 Å². The fraction of sp³-hybridized carbons (Fsp3) is 0.642. The minimum atomic E-state index is -0.648. The molecule has 4 rings (SSSR count). The second-order valence-corrected chi connectivity index (χ2v) is 16.5. The molecule has 2 unspecified atom stereocenters. The first-order chi connectivity index (χ1) is 34.5. The predicted molar refractivity (Wildman–Crippen MR) is 266 cm³/mol. The summed E-state index contributed by atoms with van der Waals surface area (Å²) in [4.78, 5) is 0. The van der Waals surface area contributed by atoms with Crippen LogP contribution in [0.4, 0.5) is 0 Å². The average molecular weight is 987 g/mol. The highest BCUT2D eigenvalue weighted by Crippen LogP contribution is 2.37. The molecule has 1 aliphatic rings. The fourth-order valence-electron chi connectivity index (χ4n) is 7.31. The summed E-state index contributed by atoms with van der Waals surface area (Å²) in [6, 6.07) is 16.4. The van der Waals surface area contributed by atoms with Gasteiger partial charge in [0.25, 0.3) is 0 Å². The van der Waals surface area contributed by atoms with Gasteiger partial charge in [0, 0.05) is 32.7 Å². The van der Waals surface area contributed by atoms with Gasteiger partial charge in [0.05, 0.1) is 176 Å². The maximum atomic E-state index is 6.97. The van der Waals surface area contributed by atoms with E-state index in [-0.39, 0.29) is 0 Å². The van der Waals surface area contributed by atoms with Crippen molar-refractivity contribution in [2.45, 2.75) is 44.6 Å². The Kier molecular flexibility index (Phi) is 32.0. The monoisotopic (exact) mass is 987 g/mol. The molecule has 0 bridgehead atoms. The van der Waals surface area contributed by atoms with Gasteiger partial charge in [-0.15, -0.1) is 0 Å². The number of benzene rings is 2. The van der Waals surface area contributed by atoms with Crippen molar-refractivity contribution in [3.8, 4) is 16.9 Å². The van der Waals surface area contributed by atoms with Crippen LogP contribution in [0, 0.1) is 13.8 Å². The van der Waals surface area contributed by atoms with Crippen molar-refractivity contribution in [2.24, 2.45) is 5.73 Å². The summed E-state index contributed by atoms with van der Waals surface area (Å²) in [5, 5.41) is 4.57. The first-order valence-electron chi connectivity index (χ1n) is 24.7. The van der Waals surface area contributed by atoms with Crippen LogP contribution in [-0.4, -0.2) is 191 Å². The average Bonchev–Trinajstić information content (AvgIpc) is 3.86. The summed E-state index contributed by atoms with van der Waals surface area (Å²) in [6.45, 7) is 16.4. The van der Waals surface area contributed by atoms with E-state index in [1.807, 2.05) is 12.1 Å². The topological polar surface area (TPSA) is 181 Å². The van der Waals surface area contributed by atoms with E-state index >= 15 is 0 Å². The lowest BCUT2D eigenvalue weighted by Gasteiger charge is -2.36. The van der Waals surface area contributed by atoms with Crippen molar-refractivity contribution in [2.75, 3.05) is 179 Å². The van der Waals surface area contributed by atoms with E-state index < -0.39 is 11.5 Å². The summed E-state index contributed by atoms with van der Waals surface area (Å²) >= 11 is 0. The first kappa shape index (κ1) is 58.9. The standard InChI is InChI=1S/C53H82N2O15/c1-44-39-48(47-9-6-5-7-10-47)40-45(2)52(44)69-16-8-11-49-41-51(55-70-49)53(50(54)43-68-38-36-66-34-32-64-28-26-61-24-22-59-20-18-57-4)14-12-46(13-15-53)42-67-37-35-65-33-31-63-30-29-62-27-25-60-23-21-58-19-17-56-3/h5-7,9-10,12-14,39-41,50H,8,11,15-38,42-43,54H2,1-4H3. The third kappa shape index (κ3) is 24.2. The SMILES string of the molecule is COCCOCCOCCOCCOCCOCCOCC1=CCC(c2cc(CCCOc3c(C)cc(-c4ccccc4)cc3C)on2)(C(N)COCCOCCOCCOCCOCCOC)C=C1. The molecule has 0 amide bonds. The normalized spacial score (nSPS) is 15.2. The lowest BCUT2D eigenvalue weighted by Crippen LogP contribution is -2.48. The highest BCUT2D eigenvalue weighted by atomic mass is 16.6. The van der Waals surface area contributed by atoms with Crippen molar-refractivity contribution in [3.63, 3.8) is 0 Å². The maximum absolute atomic E-state index is 6.97. The van der Waals surface area contributed by atoms with Crippen molar-refractivity contribution < 1.29 is 70.8 Å². The number of methoxy groups -OCH3 is 2. The highest BCUT2D eigenvalue weighted by molar-refractivity contribution is 5.67. The van der Waals surface area contributed by atoms with E-state index in [1.165, 1.54) is 11.1 Å². The zero-order valence-corrected chi connectivity index (χ0v) is 42.4. The molecule has 1 aliphatic carbocycles. The summed E-state index contributed by atoms with van der Waals surface area (Å²) in [7, 11) is 3.29. The van der Waals surface area contributed by atoms with E-state index in [2.05, 4.69) is 73.6 Å². The van der Waals surface area contributed by atoms with Crippen LogP contribution in [0.25, 0.3) is 11.1 Å². The van der Waals surface area contributed by atoms with Crippen molar-refractivity contribution in [1.82, 2.24) is 5.16 Å². The third-order valence-electron chi connectivity index (χ3n) is 11.2. The molecule has 0 spiro atoms. The molecule has 1 aromatic heterocycles. The van der Waals surface area contributed by atoms with E-state index in [4.69, 9.17) is 76.6 Å². The van der Waals surface area contributed by atoms with Crippen LogP contribution in [0.5, 0.6) is 5.75 Å². The van der Waals surface area contributed by atoms with Gasteiger partial charge in [0.15, 0.2) is 0 Å². The van der Waals surface area contributed by atoms with Crippen molar-refractivity contribution >= 4 is 0 Å². The molecule has 2 aromatic carbocycles. The van der Waals surface area contributed by atoms with Gasteiger partial charge in [-0.3, -0.25) is 0 Å². The van der Waals surface area contributed by atoms with Crippen LogP contribution in [0.3, 0.4) is 0 Å². The van der Waals surface area contributed by atoms with Gasteiger partial charge in [0.1, 0.15) is 11.5 Å². The summed E-state index contributed by atoms with van der Waals surface area (Å²) in [5.74, 6) is 1.69. The quantitative estimate of drug-likeness (QED) is 0.0661. The van der Waals surface area contributed by atoms with E-state index in [1.54, 1.807) is 14.2 Å². The van der Waals surface area contributed by atoms with Gasteiger partial charge >= 0.3 is 0 Å². The first-order valence-corrected chi connectivity index (χ1v) is 24.7. The number of rotatable bonds is 45. The summed E-state index contributed by atoms with van der Waals surface area (Å²) in [6.07, 6.45) is 8.36. The molecule has 0 aliphatic heterocycles. The number of hydrogen-bond donors (Lipinski definition) is 1.